The van der Waals surface area contributed by atoms with Crippen LogP contribution in [0.25, 0.3) is 11.0 Å². The summed E-state index contributed by atoms with van der Waals surface area (Å²) in [4.78, 5) is 9.31. The van der Waals surface area contributed by atoms with Crippen molar-refractivity contribution in [3.05, 3.63) is 24.2 Å². The van der Waals surface area contributed by atoms with Crippen LogP contribution in [0, 0.1) is 0 Å². The van der Waals surface area contributed by atoms with E-state index < -0.39 is 0 Å². The van der Waals surface area contributed by atoms with Crippen molar-refractivity contribution >= 4 is 16.9 Å². The van der Waals surface area contributed by atoms with Gasteiger partial charge in [0, 0.05) is 19.5 Å². The second kappa shape index (κ2) is 6.54. The normalized spacial score (nSPS) is 12.9. The molecular formula is C16H24N8. The summed E-state index contributed by atoms with van der Waals surface area (Å²) in [6, 6.07) is 0.279. The monoisotopic (exact) mass is 328 g/mol. The third-order valence-corrected chi connectivity index (χ3v) is 4.01. The summed E-state index contributed by atoms with van der Waals surface area (Å²) in [6.45, 7) is 8.41. The molecule has 3 aromatic heterocycles. The molecule has 0 saturated heterocycles. The van der Waals surface area contributed by atoms with E-state index in [9.17, 15) is 0 Å². The van der Waals surface area contributed by atoms with E-state index in [0.717, 1.165) is 41.3 Å². The minimum atomic E-state index is -0.0253. The molecule has 0 spiro atoms. The van der Waals surface area contributed by atoms with Crippen LogP contribution < -0.4 is 5.32 Å². The number of rotatable bonds is 6. The fourth-order valence-corrected chi connectivity index (χ4v) is 2.74. The Balaban J connectivity index is 1.98. The van der Waals surface area contributed by atoms with E-state index >= 15 is 0 Å². The highest BCUT2D eigenvalue weighted by Crippen LogP contribution is 2.25. The first-order chi connectivity index (χ1) is 11.5. The highest BCUT2D eigenvalue weighted by atomic mass is 15.3. The Hall–Kier alpha value is -2.51. The van der Waals surface area contributed by atoms with Crippen molar-refractivity contribution in [2.24, 2.45) is 7.05 Å². The molecule has 0 aromatic carbocycles. The first-order valence-electron chi connectivity index (χ1n) is 8.35. The maximum Gasteiger partial charge on any atom is 0.163 e. The van der Waals surface area contributed by atoms with Crippen LogP contribution in [0.5, 0.6) is 0 Å². The average molecular weight is 328 g/mol. The summed E-state index contributed by atoms with van der Waals surface area (Å²) in [6.07, 6.45) is 5.40. The van der Waals surface area contributed by atoms with Gasteiger partial charge in [0.05, 0.1) is 17.6 Å². The fourth-order valence-electron chi connectivity index (χ4n) is 2.74. The zero-order valence-corrected chi connectivity index (χ0v) is 14.9. The summed E-state index contributed by atoms with van der Waals surface area (Å²) >= 11 is 0. The smallest absolute Gasteiger partial charge is 0.163 e. The predicted molar refractivity (Wildman–Crippen MR) is 92.7 cm³/mol. The van der Waals surface area contributed by atoms with Gasteiger partial charge in [-0.2, -0.15) is 5.10 Å². The third-order valence-electron chi connectivity index (χ3n) is 4.01. The summed E-state index contributed by atoms with van der Waals surface area (Å²) < 4.78 is 3.84. The van der Waals surface area contributed by atoms with Gasteiger partial charge in [-0.3, -0.25) is 4.68 Å². The molecule has 0 radical (unpaired) electrons. The highest BCUT2D eigenvalue weighted by molar-refractivity contribution is 5.86. The number of aryl methyl sites for hydroxylation is 2. The largest absolute Gasteiger partial charge is 0.360 e. The molecule has 128 valence electrons. The zero-order chi connectivity index (χ0) is 17.3. The van der Waals surface area contributed by atoms with E-state index in [2.05, 4.69) is 57.9 Å². The van der Waals surface area contributed by atoms with Crippen molar-refractivity contribution in [3.8, 4) is 0 Å². The second-order valence-electron chi connectivity index (χ2n) is 6.30. The van der Waals surface area contributed by atoms with Gasteiger partial charge in [0.1, 0.15) is 18.0 Å². The molecule has 8 heteroatoms. The Labute approximate surface area is 141 Å². The van der Waals surface area contributed by atoms with Gasteiger partial charge in [0.25, 0.3) is 0 Å². The number of anilines is 1. The number of hydrogen-bond donors (Lipinski definition) is 1. The third kappa shape index (κ3) is 2.95. The van der Waals surface area contributed by atoms with Crippen molar-refractivity contribution in [1.82, 2.24) is 34.5 Å². The second-order valence-corrected chi connectivity index (χ2v) is 6.30. The van der Waals surface area contributed by atoms with Crippen molar-refractivity contribution in [2.75, 3.05) is 5.32 Å². The molecule has 3 rings (SSSR count). The molecule has 3 heterocycles. The number of fused-ring (bicyclic) bond motifs is 1. The van der Waals surface area contributed by atoms with E-state index in [0.29, 0.717) is 6.04 Å². The van der Waals surface area contributed by atoms with E-state index in [4.69, 9.17) is 4.98 Å². The Morgan fingerprint density at radius 2 is 2.00 bits per heavy atom. The molecule has 0 aliphatic rings. The summed E-state index contributed by atoms with van der Waals surface area (Å²) in [5.41, 5.74) is 0.841. The standard InChI is InChI=1S/C16H24N8/c1-6-7-13-20-14(12-8-18-23(5)16(12)21-13)19-11(4)15-22-17-9-24(15)10(2)3/h8-11H,6-7H2,1-5H3,(H,19,20,21)/t11-/m0/s1. The zero-order valence-electron chi connectivity index (χ0n) is 14.9. The van der Waals surface area contributed by atoms with Crippen LogP contribution in [0.15, 0.2) is 12.5 Å². The van der Waals surface area contributed by atoms with Gasteiger partial charge in [0.2, 0.25) is 0 Å². The molecule has 0 aliphatic heterocycles. The molecular weight excluding hydrogens is 304 g/mol. The lowest BCUT2D eigenvalue weighted by Gasteiger charge is -2.18. The van der Waals surface area contributed by atoms with Crippen molar-refractivity contribution in [3.63, 3.8) is 0 Å². The topological polar surface area (TPSA) is 86.3 Å². The summed E-state index contributed by atoms with van der Waals surface area (Å²) in [5.74, 6) is 2.51. The summed E-state index contributed by atoms with van der Waals surface area (Å²) in [5, 5.41) is 17.0. The highest BCUT2D eigenvalue weighted by Gasteiger charge is 2.18. The van der Waals surface area contributed by atoms with Gasteiger partial charge in [-0.05, 0) is 27.2 Å². The quantitative estimate of drug-likeness (QED) is 0.748. The molecule has 0 bridgehead atoms. The molecule has 1 N–H and O–H groups in total. The molecule has 3 aromatic rings. The van der Waals surface area contributed by atoms with Crippen LogP contribution in [0.3, 0.4) is 0 Å². The van der Waals surface area contributed by atoms with Crippen LogP contribution in [0.2, 0.25) is 0 Å². The number of aromatic nitrogens is 7. The fraction of sp³-hybridized carbons (Fsp3) is 0.562. The Morgan fingerprint density at radius 3 is 2.71 bits per heavy atom. The lowest BCUT2D eigenvalue weighted by molar-refractivity contribution is 0.552. The summed E-state index contributed by atoms with van der Waals surface area (Å²) in [7, 11) is 1.90. The van der Waals surface area contributed by atoms with Crippen LogP contribution in [0.1, 0.15) is 57.8 Å². The number of nitrogens with zero attached hydrogens (tertiary/aromatic N) is 7. The molecule has 1 atom stereocenters. The molecule has 0 aliphatic carbocycles. The molecule has 0 saturated carbocycles. The van der Waals surface area contributed by atoms with E-state index in [1.54, 1.807) is 17.2 Å². The lowest BCUT2D eigenvalue weighted by atomic mass is 10.2. The van der Waals surface area contributed by atoms with Gasteiger partial charge in [-0.1, -0.05) is 6.92 Å². The molecule has 24 heavy (non-hydrogen) atoms. The van der Waals surface area contributed by atoms with Crippen LogP contribution in [-0.4, -0.2) is 34.5 Å². The molecule has 0 unspecified atom stereocenters. The van der Waals surface area contributed by atoms with E-state index in [1.807, 2.05) is 7.05 Å². The SMILES string of the molecule is CCCc1nc(N[C@@H](C)c2nncn2C(C)C)c2cnn(C)c2n1. The predicted octanol–water partition coefficient (Wildman–Crippen LogP) is 2.66. The molecule has 8 nitrogen and oxygen atoms in total. The van der Waals surface area contributed by atoms with Crippen molar-refractivity contribution in [1.29, 1.82) is 0 Å². The molecule has 0 fully saturated rings. The van der Waals surface area contributed by atoms with Gasteiger partial charge >= 0.3 is 0 Å². The van der Waals surface area contributed by atoms with E-state index in [1.165, 1.54) is 0 Å². The maximum atomic E-state index is 4.70. The number of nitrogens with one attached hydrogen (secondary N) is 1. The first-order valence-corrected chi connectivity index (χ1v) is 8.35. The van der Waals surface area contributed by atoms with Crippen molar-refractivity contribution in [2.45, 2.75) is 52.6 Å². The van der Waals surface area contributed by atoms with Gasteiger partial charge in [-0.15, -0.1) is 10.2 Å². The van der Waals surface area contributed by atoms with Gasteiger partial charge in [0.15, 0.2) is 11.5 Å². The first kappa shape index (κ1) is 16.4. The lowest BCUT2D eigenvalue weighted by Crippen LogP contribution is -2.16. The molecule has 0 amide bonds. The van der Waals surface area contributed by atoms with Crippen molar-refractivity contribution < 1.29 is 0 Å². The van der Waals surface area contributed by atoms with Crippen LogP contribution in [-0.2, 0) is 13.5 Å². The average Bonchev–Trinajstić information content (AvgIpc) is 3.15. The van der Waals surface area contributed by atoms with Gasteiger partial charge in [-0.25, -0.2) is 9.97 Å². The minimum absolute atomic E-state index is 0.0253. The Morgan fingerprint density at radius 1 is 1.21 bits per heavy atom. The minimum Gasteiger partial charge on any atom is -0.360 e. The maximum absolute atomic E-state index is 4.70. The number of hydrogen-bond acceptors (Lipinski definition) is 6. The van der Waals surface area contributed by atoms with Crippen LogP contribution in [0.4, 0.5) is 5.82 Å². The van der Waals surface area contributed by atoms with E-state index in [-0.39, 0.29) is 6.04 Å². The van der Waals surface area contributed by atoms with Gasteiger partial charge < -0.3 is 9.88 Å². The Kier molecular flexibility index (Phi) is 4.46. The Bertz CT molecular complexity index is 832. The van der Waals surface area contributed by atoms with Crippen LogP contribution >= 0.6 is 0 Å².